The van der Waals surface area contributed by atoms with Crippen LogP contribution in [0.5, 0.6) is 0 Å². The van der Waals surface area contributed by atoms with Gasteiger partial charge in [0.1, 0.15) is 0 Å². The minimum absolute atomic E-state index is 0.542. The highest BCUT2D eigenvalue weighted by Crippen LogP contribution is 2.48. The lowest BCUT2D eigenvalue weighted by Gasteiger charge is -2.50. The molecule has 116 valence electrons. The van der Waals surface area contributed by atoms with Gasteiger partial charge in [0.25, 0.3) is 0 Å². The third kappa shape index (κ3) is 3.32. The molecule has 2 saturated heterocycles. The molecule has 2 aliphatic rings. The normalized spacial score (nSPS) is 26.3. The molecule has 1 aromatic rings. The van der Waals surface area contributed by atoms with Crippen molar-refractivity contribution in [1.82, 2.24) is 10.2 Å². The van der Waals surface area contributed by atoms with Crippen LogP contribution < -0.4 is 5.32 Å². The predicted octanol–water partition coefficient (Wildman–Crippen LogP) is 3.50. The van der Waals surface area contributed by atoms with Gasteiger partial charge in [-0.25, -0.2) is 0 Å². The molecule has 0 aliphatic carbocycles. The summed E-state index contributed by atoms with van der Waals surface area (Å²) in [6, 6.07) is 11.2. The smallest absolute Gasteiger partial charge is 0.00255 e. The highest BCUT2D eigenvalue weighted by atomic mass is 15.1. The number of hydrogen-bond donors (Lipinski definition) is 1. The Labute approximate surface area is 129 Å². The van der Waals surface area contributed by atoms with E-state index in [2.05, 4.69) is 54.4 Å². The Hall–Kier alpha value is -0.860. The fourth-order valence-corrected chi connectivity index (χ4v) is 4.43. The maximum atomic E-state index is 3.63. The Morgan fingerprint density at radius 2 is 1.86 bits per heavy atom. The summed E-state index contributed by atoms with van der Waals surface area (Å²) >= 11 is 0. The monoisotopic (exact) mass is 286 g/mol. The van der Waals surface area contributed by atoms with Crippen LogP contribution in [0, 0.1) is 11.3 Å². The first-order chi connectivity index (χ1) is 10.2. The van der Waals surface area contributed by atoms with Crippen LogP contribution in [0.15, 0.2) is 30.3 Å². The Morgan fingerprint density at radius 3 is 2.52 bits per heavy atom. The molecule has 1 atom stereocenters. The molecule has 2 fully saturated rings. The van der Waals surface area contributed by atoms with Gasteiger partial charge < -0.3 is 10.2 Å². The third-order valence-corrected chi connectivity index (χ3v) is 5.56. The Balaban J connectivity index is 1.73. The fourth-order valence-electron chi connectivity index (χ4n) is 4.43. The maximum absolute atomic E-state index is 3.63. The molecular weight excluding hydrogens is 256 g/mol. The summed E-state index contributed by atoms with van der Waals surface area (Å²) in [5, 5.41) is 3.63. The van der Waals surface area contributed by atoms with Gasteiger partial charge in [0.05, 0.1) is 0 Å². The molecule has 1 aromatic carbocycles. The highest BCUT2D eigenvalue weighted by Gasteiger charge is 2.43. The summed E-state index contributed by atoms with van der Waals surface area (Å²) in [7, 11) is 0. The van der Waals surface area contributed by atoms with Gasteiger partial charge in [0.15, 0.2) is 0 Å². The van der Waals surface area contributed by atoms with Gasteiger partial charge in [-0.15, -0.1) is 0 Å². The quantitative estimate of drug-likeness (QED) is 0.915. The van der Waals surface area contributed by atoms with Gasteiger partial charge in [-0.2, -0.15) is 0 Å². The van der Waals surface area contributed by atoms with E-state index in [-0.39, 0.29) is 0 Å². The summed E-state index contributed by atoms with van der Waals surface area (Å²) < 4.78 is 0. The number of nitrogens with one attached hydrogen (secondary N) is 1. The van der Waals surface area contributed by atoms with Gasteiger partial charge >= 0.3 is 0 Å². The zero-order valence-corrected chi connectivity index (χ0v) is 13.6. The fraction of sp³-hybridized carbons (Fsp3) is 0.684. The molecule has 0 saturated carbocycles. The summed E-state index contributed by atoms with van der Waals surface area (Å²) in [5.41, 5.74) is 2.09. The van der Waals surface area contributed by atoms with Gasteiger partial charge in [-0.1, -0.05) is 44.2 Å². The molecule has 3 rings (SSSR count). The van der Waals surface area contributed by atoms with E-state index in [1.807, 2.05) is 0 Å². The summed E-state index contributed by atoms with van der Waals surface area (Å²) in [4.78, 5) is 2.68. The van der Waals surface area contributed by atoms with E-state index in [0.29, 0.717) is 11.3 Å². The zero-order chi connectivity index (χ0) is 14.7. The topological polar surface area (TPSA) is 15.3 Å². The first-order valence-corrected chi connectivity index (χ1v) is 8.68. The van der Waals surface area contributed by atoms with Crippen LogP contribution in [0.4, 0.5) is 0 Å². The molecule has 0 aromatic heterocycles. The second kappa shape index (κ2) is 6.50. The van der Waals surface area contributed by atoms with Crippen molar-refractivity contribution >= 4 is 0 Å². The second-order valence-corrected chi connectivity index (χ2v) is 7.47. The summed E-state index contributed by atoms with van der Waals surface area (Å²) in [5.74, 6) is 1.49. The van der Waals surface area contributed by atoms with Crippen molar-refractivity contribution in [2.24, 2.45) is 11.3 Å². The highest BCUT2D eigenvalue weighted by molar-refractivity contribution is 5.24. The first-order valence-electron chi connectivity index (χ1n) is 8.68. The van der Waals surface area contributed by atoms with Crippen molar-refractivity contribution in [2.75, 3.05) is 32.7 Å². The first kappa shape index (κ1) is 15.1. The Morgan fingerprint density at radius 1 is 1.14 bits per heavy atom. The largest absolute Gasteiger partial charge is 0.316 e. The van der Waals surface area contributed by atoms with Gasteiger partial charge in [0.2, 0.25) is 0 Å². The number of likely N-dealkylation sites (tertiary alicyclic amines) is 1. The van der Waals surface area contributed by atoms with E-state index >= 15 is 0 Å². The SMILES string of the molecule is CC(C)CN1CCC2(CCNCC2c2ccccc2)CC1. The number of nitrogens with zero attached hydrogens (tertiary/aromatic N) is 1. The molecule has 21 heavy (non-hydrogen) atoms. The van der Waals surface area contributed by atoms with Crippen molar-refractivity contribution in [3.8, 4) is 0 Å². The van der Waals surface area contributed by atoms with Gasteiger partial charge in [-0.3, -0.25) is 0 Å². The molecule has 2 nitrogen and oxygen atoms in total. The molecule has 1 N–H and O–H groups in total. The lowest BCUT2D eigenvalue weighted by molar-refractivity contribution is 0.0490. The molecule has 2 aliphatic heterocycles. The van der Waals surface area contributed by atoms with Crippen molar-refractivity contribution < 1.29 is 0 Å². The predicted molar refractivity (Wildman–Crippen MR) is 89.6 cm³/mol. The van der Waals surface area contributed by atoms with Gasteiger partial charge in [-0.05, 0) is 55.8 Å². The van der Waals surface area contributed by atoms with Crippen LogP contribution in [-0.4, -0.2) is 37.6 Å². The van der Waals surface area contributed by atoms with Crippen LogP contribution in [0.25, 0.3) is 0 Å². The lowest BCUT2D eigenvalue weighted by Crippen LogP contribution is -2.50. The molecule has 2 heterocycles. The maximum Gasteiger partial charge on any atom is 0.00255 e. The summed E-state index contributed by atoms with van der Waals surface area (Å²) in [6.07, 6.45) is 4.10. The number of hydrogen-bond acceptors (Lipinski definition) is 2. The zero-order valence-electron chi connectivity index (χ0n) is 13.6. The van der Waals surface area contributed by atoms with Crippen LogP contribution in [0.2, 0.25) is 0 Å². The van der Waals surface area contributed by atoms with E-state index in [0.717, 1.165) is 12.5 Å². The minimum atomic E-state index is 0.542. The Kier molecular flexibility index (Phi) is 4.66. The van der Waals surface area contributed by atoms with E-state index in [4.69, 9.17) is 0 Å². The van der Waals surface area contributed by atoms with Crippen molar-refractivity contribution in [3.05, 3.63) is 35.9 Å². The van der Waals surface area contributed by atoms with Gasteiger partial charge in [0, 0.05) is 19.0 Å². The van der Waals surface area contributed by atoms with E-state index < -0.39 is 0 Å². The average molecular weight is 286 g/mol. The van der Waals surface area contributed by atoms with Crippen molar-refractivity contribution in [3.63, 3.8) is 0 Å². The van der Waals surface area contributed by atoms with Crippen LogP contribution in [-0.2, 0) is 0 Å². The second-order valence-electron chi connectivity index (χ2n) is 7.47. The number of piperidine rings is 2. The molecule has 2 heteroatoms. The van der Waals surface area contributed by atoms with Crippen LogP contribution in [0.3, 0.4) is 0 Å². The molecule has 0 amide bonds. The molecule has 1 unspecified atom stereocenters. The molecular formula is C19H30N2. The third-order valence-electron chi connectivity index (χ3n) is 5.56. The standard InChI is InChI=1S/C19H30N2/c1-16(2)15-21-12-9-19(10-13-21)8-11-20-14-18(19)17-6-4-3-5-7-17/h3-7,16,18,20H,8-15H2,1-2H3. The molecule has 1 spiro atoms. The van der Waals surface area contributed by atoms with Crippen molar-refractivity contribution in [1.29, 1.82) is 0 Å². The number of benzene rings is 1. The Bertz CT molecular complexity index is 432. The van der Waals surface area contributed by atoms with E-state index in [1.165, 1.54) is 45.4 Å². The van der Waals surface area contributed by atoms with E-state index in [1.54, 1.807) is 5.56 Å². The number of rotatable bonds is 3. The lowest BCUT2D eigenvalue weighted by atomic mass is 9.62. The van der Waals surface area contributed by atoms with Crippen LogP contribution >= 0.6 is 0 Å². The van der Waals surface area contributed by atoms with Crippen molar-refractivity contribution in [2.45, 2.75) is 39.0 Å². The van der Waals surface area contributed by atoms with Crippen LogP contribution in [0.1, 0.15) is 44.6 Å². The molecule has 0 radical (unpaired) electrons. The van der Waals surface area contributed by atoms with E-state index in [9.17, 15) is 0 Å². The minimum Gasteiger partial charge on any atom is -0.316 e. The average Bonchev–Trinajstić information content (AvgIpc) is 2.51. The molecule has 0 bridgehead atoms. The summed E-state index contributed by atoms with van der Waals surface area (Å²) in [6.45, 7) is 10.9.